The highest BCUT2D eigenvalue weighted by Crippen LogP contribution is 2.40. The van der Waals surface area contributed by atoms with Gasteiger partial charge in [0.15, 0.2) is 0 Å². The highest BCUT2D eigenvalue weighted by Gasteiger charge is 2.48. The molecule has 0 radical (unpaired) electrons. The lowest BCUT2D eigenvalue weighted by Gasteiger charge is -2.28. The average Bonchev–Trinajstić information content (AvgIpc) is 3.33. The molecule has 1 fully saturated rings. The minimum Gasteiger partial charge on any atom is -0.497 e. The van der Waals surface area contributed by atoms with Crippen LogP contribution in [-0.2, 0) is 27.4 Å². The zero-order valence-electron chi connectivity index (χ0n) is 23.1. The van der Waals surface area contributed by atoms with Gasteiger partial charge in [-0.15, -0.1) is 0 Å². The highest BCUT2D eigenvalue weighted by molar-refractivity contribution is 7.79. The monoisotopic (exact) mass is 588 g/mol. The van der Waals surface area contributed by atoms with Gasteiger partial charge >= 0.3 is 10.9 Å². The standard InChI is InChI=1S/C32H32N2O7S/c1-37-24-14-12-23(13-15-24)20-39-28-18-27(34-17-16-29(35)33-31(34)36)30(41-32(42)40-25-10-6-3-7-11-25)26(28)21-38-19-22-8-4-2-5-9-22/h2-17,26-28,30H,18-21H2,1H3,(H,33,35,36). The quantitative estimate of drug-likeness (QED) is 0.253. The lowest BCUT2D eigenvalue weighted by atomic mass is 10.0. The third-order valence-corrected chi connectivity index (χ3v) is 7.36. The van der Waals surface area contributed by atoms with Gasteiger partial charge in [-0.2, -0.15) is 0 Å². The van der Waals surface area contributed by atoms with Gasteiger partial charge in [0.25, 0.3) is 5.56 Å². The number of hydrogen-bond donors (Lipinski definition) is 1. The van der Waals surface area contributed by atoms with Gasteiger partial charge in [0.05, 0.1) is 39.1 Å². The Bertz CT molecular complexity index is 1560. The Kier molecular flexibility index (Phi) is 9.81. The molecule has 0 aliphatic heterocycles. The number of ether oxygens (including phenoxy) is 5. The number of para-hydroxylation sites is 1. The molecule has 4 aromatic rings. The minimum atomic E-state index is -0.651. The van der Waals surface area contributed by atoms with E-state index in [-0.39, 0.29) is 23.9 Å². The largest absolute Gasteiger partial charge is 0.497 e. The summed E-state index contributed by atoms with van der Waals surface area (Å²) < 4.78 is 31.4. The first kappa shape index (κ1) is 29.2. The van der Waals surface area contributed by atoms with E-state index in [0.717, 1.165) is 16.9 Å². The van der Waals surface area contributed by atoms with Crippen molar-refractivity contribution in [3.8, 4) is 11.5 Å². The number of hydrogen-bond acceptors (Lipinski definition) is 8. The molecule has 1 N–H and O–H groups in total. The Balaban J connectivity index is 1.41. The Morgan fingerprint density at radius 3 is 2.26 bits per heavy atom. The number of rotatable bonds is 11. The number of aromatic amines is 1. The third kappa shape index (κ3) is 7.52. The molecule has 1 aliphatic carbocycles. The summed E-state index contributed by atoms with van der Waals surface area (Å²) >= 11 is 5.49. The number of benzene rings is 3. The van der Waals surface area contributed by atoms with Crippen LogP contribution in [0.2, 0.25) is 0 Å². The maximum absolute atomic E-state index is 12.9. The molecular formula is C32H32N2O7S. The molecule has 3 aromatic carbocycles. The fraction of sp³-hybridized carbons (Fsp3) is 0.281. The summed E-state index contributed by atoms with van der Waals surface area (Å²) in [4.78, 5) is 27.1. The van der Waals surface area contributed by atoms with Crippen molar-refractivity contribution in [2.45, 2.75) is 37.9 Å². The van der Waals surface area contributed by atoms with Crippen LogP contribution in [-0.4, -0.2) is 40.7 Å². The molecule has 1 heterocycles. The van der Waals surface area contributed by atoms with Crippen molar-refractivity contribution < 1.29 is 23.7 Å². The van der Waals surface area contributed by atoms with Gasteiger partial charge in [0.2, 0.25) is 0 Å². The number of nitrogens with one attached hydrogen (secondary N) is 1. The zero-order valence-corrected chi connectivity index (χ0v) is 23.9. The van der Waals surface area contributed by atoms with Crippen molar-refractivity contribution in [2.75, 3.05) is 13.7 Å². The summed E-state index contributed by atoms with van der Waals surface area (Å²) in [6.45, 7) is 0.994. The smallest absolute Gasteiger partial charge is 0.358 e. The van der Waals surface area contributed by atoms with Gasteiger partial charge < -0.3 is 23.7 Å². The van der Waals surface area contributed by atoms with Crippen LogP contribution in [0.15, 0.2) is 107 Å². The maximum atomic E-state index is 12.9. The molecule has 0 bridgehead atoms. The maximum Gasteiger partial charge on any atom is 0.358 e. The van der Waals surface area contributed by atoms with E-state index in [1.54, 1.807) is 19.2 Å². The summed E-state index contributed by atoms with van der Waals surface area (Å²) in [6.07, 6.45) is 0.870. The van der Waals surface area contributed by atoms with Crippen LogP contribution in [0.3, 0.4) is 0 Å². The van der Waals surface area contributed by atoms with Crippen LogP contribution in [0.1, 0.15) is 23.6 Å². The first-order valence-corrected chi connectivity index (χ1v) is 14.0. The molecule has 10 heteroatoms. The molecule has 218 valence electrons. The van der Waals surface area contributed by atoms with Crippen molar-refractivity contribution in [3.63, 3.8) is 0 Å². The van der Waals surface area contributed by atoms with Gasteiger partial charge in [-0.3, -0.25) is 14.3 Å². The molecule has 1 aliphatic rings. The second-order valence-corrected chi connectivity index (χ2v) is 10.3. The predicted octanol–water partition coefficient (Wildman–Crippen LogP) is 4.66. The first-order chi connectivity index (χ1) is 20.5. The summed E-state index contributed by atoms with van der Waals surface area (Å²) in [7, 11) is 1.62. The molecule has 5 rings (SSSR count). The molecule has 0 spiro atoms. The molecule has 0 amide bonds. The normalized spacial score (nSPS) is 19.7. The van der Waals surface area contributed by atoms with E-state index in [1.165, 1.54) is 16.8 Å². The average molecular weight is 589 g/mol. The molecule has 42 heavy (non-hydrogen) atoms. The molecular weight excluding hydrogens is 556 g/mol. The summed E-state index contributed by atoms with van der Waals surface area (Å²) in [6, 6.07) is 27.4. The summed E-state index contributed by atoms with van der Waals surface area (Å²) in [5, 5.41) is -0.0856. The Morgan fingerprint density at radius 1 is 0.881 bits per heavy atom. The van der Waals surface area contributed by atoms with Crippen LogP contribution in [0, 0.1) is 5.92 Å². The second-order valence-electron chi connectivity index (χ2n) is 9.93. The van der Waals surface area contributed by atoms with Gasteiger partial charge in [-0.25, -0.2) is 4.79 Å². The van der Waals surface area contributed by atoms with Crippen molar-refractivity contribution in [3.05, 3.63) is 129 Å². The molecule has 4 atom stereocenters. The molecule has 9 nitrogen and oxygen atoms in total. The Hall–Kier alpha value is -4.25. The minimum absolute atomic E-state index is 0.0856. The van der Waals surface area contributed by atoms with Crippen molar-refractivity contribution >= 4 is 17.5 Å². The number of H-pyrrole nitrogens is 1. The number of methoxy groups -OCH3 is 1. The van der Waals surface area contributed by atoms with Crippen molar-refractivity contribution in [2.24, 2.45) is 5.92 Å². The van der Waals surface area contributed by atoms with Crippen LogP contribution >= 0.6 is 12.2 Å². The lowest BCUT2D eigenvalue weighted by Crippen LogP contribution is -2.39. The van der Waals surface area contributed by atoms with E-state index in [1.807, 2.05) is 72.8 Å². The highest BCUT2D eigenvalue weighted by atomic mass is 32.1. The van der Waals surface area contributed by atoms with E-state index in [2.05, 4.69) is 4.98 Å². The van der Waals surface area contributed by atoms with Crippen molar-refractivity contribution in [1.29, 1.82) is 0 Å². The van der Waals surface area contributed by atoms with Gasteiger partial charge in [0, 0.05) is 30.4 Å². The Morgan fingerprint density at radius 2 is 1.57 bits per heavy atom. The molecule has 1 aromatic heterocycles. The Labute approximate surface area is 248 Å². The molecule has 0 saturated heterocycles. The SMILES string of the molecule is COc1ccc(COC2CC(n3ccc(=O)[nH]c3=O)C(OC(=S)Oc3ccccc3)C2COCc2ccccc2)cc1. The van der Waals surface area contributed by atoms with E-state index in [9.17, 15) is 9.59 Å². The first-order valence-electron chi connectivity index (χ1n) is 13.6. The van der Waals surface area contributed by atoms with Gasteiger partial charge in [-0.05, 0) is 41.8 Å². The number of aromatic nitrogens is 2. The van der Waals surface area contributed by atoms with E-state index in [0.29, 0.717) is 25.4 Å². The van der Waals surface area contributed by atoms with Crippen molar-refractivity contribution in [1.82, 2.24) is 9.55 Å². The van der Waals surface area contributed by atoms with Gasteiger partial charge in [-0.1, -0.05) is 60.7 Å². The summed E-state index contributed by atoms with van der Waals surface area (Å²) in [5.41, 5.74) is 0.963. The third-order valence-electron chi connectivity index (χ3n) is 7.18. The van der Waals surface area contributed by atoms with E-state index < -0.39 is 23.4 Å². The molecule has 1 saturated carbocycles. The van der Waals surface area contributed by atoms with E-state index in [4.69, 9.17) is 35.9 Å². The van der Waals surface area contributed by atoms with Crippen LogP contribution in [0.25, 0.3) is 0 Å². The van der Waals surface area contributed by atoms with Crippen LogP contribution in [0.4, 0.5) is 0 Å². The molecule has 4 unspecified atom stereocenters. The lowest BCUT2D eigenvalue weighted by molar-refractivity contribution is -0.0470. The van der Waals surface area contributed by atoms with Crippen LogP contribution < -0.4 is 20.7 Å². The van der Waals surface area contributed by atoms with E-state index >= 15 is 0 Å². The number of thiocarbonyl (C=S) groups is 1. The van der Waals surface area contributed by atoms with Crippen LogP contribution in [0.5, 0.6) is 11.5 Å². The zero-order chi connectivity index (χ0) is 29.3. The predicted molar refractivity (Wildman–Crippen MR) is 161 cm³/mol. The number of nitrogens with zero attached hydrogens (tertiary/aromatic N) is 1. The second kappa shape index (κ2) is 14.1. The fourth-order valence-corrected chi connectivity index (χ4v) is 5.30. The topological polar surface area (TPSA) is 101 Å². The van der Waals surface area contributed by atoms with Gasteiger partial charge in [0.1, 0.15) is 17.6 Å². The fourth-order valence-electron chi connectivity index (χ4n) is 5.10. The summed E-state index contributed by atoms with van der Waals surface area (Å²) in [5.74, 6) is 0.959.